The monoisotopic (exact) mass is 449 g/mol. The Hall–Kier alpha value is -3.01. The summed E-state index contributed by atoms with van der Waals surface area (Å²) in [5, 5.41) is 17.2. The molecule has 6 heteroatoms. The molecule has 3 aromatic carbocycles. The van der Waals surface area contributed by atoms with Crippen molar-refractivity contribution in [1.29, 1.82) is 5.26 Å². The van der Waals surface area contributed by atoms with Crippen molar-refractivity contribution in [1.82, 2.24) is 4.98 Å². The first-order valence-corrected chi connectivity index (χ1v) is 10.1. The molecule has 0 spiro atoms. The molecule has 0 amide bonds. The van der Waals surface area contributed by atoms with E-state index < -0.39 is 5.82 Å². The van der Waals surface area contributed by atoms with E-state index in [2.05, 4.69) is 56.6 Å². The minimum absolute atomic E-state index is 0.294. The number of rotatable bonds is 4. The number of benzene rings is 3. The van der Waals surface area contributed by atoms with Gasteiger partial charge < -0.3 is 5.32 Å². The molecule has 0 fully saturated rings. The Labute approximate surface area is 173 Å². The third-order valence-electron chi connectivity index (χ3n) is 4.20. The van der Waals surface area contributed by atoms with E-state index >= 15 is 0 Å². The highest BCUT2D eigenvalue weighted by atomic mass is 79.9. The summed E-state index contributed by atoms with van der Waals surface area (Å²) in [4.78, 5) is 4.59. The normalized spacial score (nSPS) is 11.4. The minimum Gasteiger partial charge on any atom is -0.358 e. The summed E-state index contributed by atoms with van der Waals surface area (Å²) in [5.41, 5.74) is 2.44. The van der Waals surface area contributed by atoms with Gasteiger partial charge in [-0.15, -0.1) is 11.3 Å². The number of thiazole rings is 1. The summed E-state index contributed by atoms with van der Waals surface area (Å²) < 4.78 is 14.6. The number of nitrogens with zero attached hydrogens (tertiary/aromatic N) is 2. The van der Waals surface area contributed by atoms with E-state index in [1.807, 2.05) is 23.6 Å². The number of nitrogens with one attached hydrogen (secondary N) is 1. The molecule has 0 radical (unpaired) electrons. The van der Waals surface area contributed by atoms with Crippen LogP contribution >= 0.6 is 27.3 Å². The highest BCUT2D eigenvalue weighted by molar-refractivity contribution is 9.10. The number of fused-ring (bicyclic) bond motifs is 1. The van der Waals surface area contributed by atoms with Gasteiger partial charge in [0, 0.05) is 21.6 Å². The fourth-order valence-corrected chi connectivity index (χ4v) is 3.90. The SMILES string of the molecule is N#C/C(=C/Nc1ccc(Br)cc1F)c1nc(-c2ccc3ccccc3c2)cs1. The molecule has 0 aliphatic heterocycles. The molecule has 0 aliphatic carbocycles. The predicted octanol–water partition coefficient (Wildman–Crippen LogP) is 6.84. The molecule has 4 rings (SSSR count). The van der Waals surface area contributed by atoms with Crippen molar-refractivity contribution in [2.24, 2.45) is 0 Å². The smallest absolute Gasteiger partial charge is 0.147 e. The Balaban J connectivity index is 1.61. The van der Waals surface area contributed by atoms with E-state index in [0.717, 1.165) is 16.6 Å². The van der Waals surface area contributed by atoms with Gasteiger partial charge in [0.25, 0.3) is 0 Å². The molecule has 1 N–H and O–H groups in total. The summed E-state index contributed by atoms with van der Waals surface area (Å²) in [6.07, 6.45) is 1.48. The number of allylic oxidation sites excluding steroid dienone is 1. The van der Waals surface area contributed by atoms with Crippen LogP contribution in [0.2, 0.25) is 0 Å². The zero-order valence-corrected chi connectivity index (χ0v) is 16.9. The summed E-state index contributed by atoms with van der Waals surface area (Å²) >= 11 is 4.60. The second-order valence-electron chi connectivity index (χ2n) is 6.04. The third-order valence-corrected chi connectivity index (χ3v) is 5.57. The van der Waals surface area contributed by atoms with Gasteiger partial charge in [0.15, 0.2) is 0 Å². The highest BCUT2D eigenvalue weighted by Gasteiger charge is 2.10. The van der Waals surface area contributed by atoms with Crippen molar-refractivity contribution in [2.75, 3.05) is 5.32 Å². The van der Waals surface area contributed by atoms with E-state index in [4.69, 9.17) is 0 Å². The summed E-state index contributed by atoms with van der Waals surface area (Å²) in [6.45, 7) is 0. The Morgan fingerprint density at radius 1 is 1.11 bits per heavy atom. The standard InChI is InChI=1S/C22H13BrFN3S/c23-18-7-8-20(19(24)10-18)26-12-17(11-25)22-27-21(13-28-22)16-6-5-14-3-1-2-4-15(14)9-16/h1-10,12-13,26H/b17-12-. The van der Waals surface area contributed by atoms with Crippen LogP contribution in [0.3, 0.4) is 0 Å². The molecular formula is C22H13BrFN3S. The average molecular weight is 450 g/mol. The second-order valence-corrected chi connectivity index (χ2v) is 7.81. The molecule has 0 atom stereocenters. The van der Waals surface area contributed by atoms with E-state index in [-0.39, 0.29) is 0 Å². The highest BCUT2D eigenvalue weighted by Crippen LogP contribution is 2.29. The first-order valence-electron chi connectivity index (χ1n) is 8.41. The van der Waals surface area contributed by atoms with E-state index in [1.54, 1.807) is 12.1 Å². The number of anilines is 1. The largest absolute Gasteiger partial charge is 0.358 e. The Morgan fingerprint density at radius 2 is 1.93 bits per heavy atom. The van der Waals surface area contributed by atoms with E-state index in [9.17, 15) is 9.65 Å². The number of halogens is 2. The van der Waals surface area contributed by atoms with Crippen molar-refractivity contribution in [3.8, 4) is 17.3 Å². The lowest BCUT2D eigenvalue weighted by molar-refractivity contribution is 0.631. The van der Waals surface area contributed by atoms with Gasteiger partial charge >= 0.3 is 0 Å². The van der Waals surface area contributed by atoms with Gasteiger partial charge in [0.1, 0.15) is 22.5 Å². The van der Waals surface area contributed by atoms with Crippen molar-refractivity contribution in [2.45, 2.75) is 0 Å². The molecule has 0 bridgehead atoms. The Kier molecular flexibility index (Phi) is 5.20. The van der Waals surface area contributed by atoms with E-state index in [0.29, 0.717) is 20.7 Å². The van der Waals surface area contributed by atoms with Crippen molar-refractivity contribution in [3.63, 3.8) is 0 Å². The molecule has 4 aromatic rings. The molecule has 0 unspecified atom stereocenters. The van der Waals surface area contributed by atoms with Gasteiger partial charge in [-0.2, -0.15) is 5.26 Å². The lowest BCUT2D eigenvalue weighted by atomic mass is 10.1. The number of hydrogen-bond donors (Lipinski definition) is 1. The number of hydrogen-bond acceptors (Lipinski definition) is 4. The van der Waals surface area contributed by atoms with Crippen LogP contribution in [0.15, 0.2) is 76.7 Å². The van der Waals surface area contributed by atoms with E-state index in [1.165, 1.54) is 29.0 Å². The fourth-order valence-electron chi connectivity index (χ4n) is 2.78. The Morgan fingerprint density at radius 3 is 2.71 bits per heavy atom. The molecule has 0 saturated carbocycles. The van der Waals surface area contributed by atoms with Crippen molar-refractivity contribution in [3.05, 3.63) is 87.5 Å². The van der Waals surface area contributed by atoms with Crippen LogP contribution in [0.25, 0.3) is 27.6 Å². The van der Waals surface area contributed by atoms with Gasteiger partial charge in [-0.05, 0) is 35.0 Å². The zero-order chi connectivity index (χ0) is 19.5. The van der Waals surface area contributed by atoms with Gasteiger partial charge in [-0.25, -0.2) is 9.37 Å². The van der Waals surface area contributed by atoms with Crippen LogP contribution in [-0.2, 0) is 0 Å². The van der Waals surface area contributed by atoms with Gasteiger partial charge in [-0.1, -0.05) is 52.3 Å². The van der Waals surface area contributed by atoms with Gasteiger partial charge in [0.05, 0.1) is 11.4 Å². The molecule has 0 aliphatic rings. The summed E-state index contributed by atoms with van der Waals surface area (Å²) in [5.74, 6) is -0.404. The lowest BCUT2D eigenvalue weighted by Crippen LogP contribution is -1.94. The molecule has 0 saturated heterocycles. The molecular weight excluding hydrogens is 437 g/mol. The predicted molar refractivity (Wildman–Crippen MR) is 116 cm³/mol. The van der Waals surface area contributed by atoms with Crippen LogP contribution in [-0.4, -0.2) is 4.98 Å². The maximum absolute atomic E-state index is 13.9. The number of aromatic nitrogens is 1. The van der Waals surface area contributed by atoms with Crippen LogP contribution in [0.5, 0.6) is 0 Å². The van der Waals surface area contributed by atoms with Crippen LogP contribution in [0.1, 0.15) is 5.01 Å². The molecule has 3 nitrogen and oxygen atoms in total. The quantitative estimate of drug-likeness (QED) is 0.346. The molecule has 136 valence electrons. The molecule has 1 heterocycles. The van der Waals surface area contributed by atoms with Crippen molar-refractivity contribution >= 4 is 49.3 Å². The first kappa shape index (κ1) is 18.4. The fraction of sp³-hybridized carbons (Fsp3) is 0. The molecule has 1 aromatic heterocycles. The second kappa shape index (κ2) is 7.93. The van der Waals surface area contributed by atoms with Gasteiger partial charge in [-0.3, -0.25) is 0 Å². The minimum atomic E-state index is -0.404. The maximum Gasteiger partial charge on any atom is 0.147 e. The summed E-state index contributed by atoms with van der Waals surface area (Å²) in [7, 11) is 0. The average Bonchev–Trinajstić information content (AvgIpc) is 3.19. The topological polar surface area (TPSA) is 48.7 Å². The van der Waals surface area contributed by atoms with Gasteiger partial charge in [0.2, 0.25) is 0 Å². The third kappa shape index (κ3) is 3.81. The lowest BCUT2D eigenvalue weighted by Gasteiger charge is -2.03. The van der Waals surface area contributed by atoms with Crippen LogP contribution in [0, 0.1) is 17.1 Å². The summed E-state index contributed by atoms with van der Waals surface area (Å²) in [6, 6.07) is 21.1. The zero-order valence-electron chi connectivity index (χ0n) is 14.5. The van der Waals surface area contributed by atoms with Crippen molar-refractivity contribution < 1.29 is 4.39 Å². The molecule has 28 heavy (non-hydrogen) atoms. The number of nitriles is 1. The maximum atomic E-state index is 13.9. The first-order chi connectivity index (χ1) is 13.6. The van der Waals surface area contributed by atoms with Crippen LogP contribution < -0.4 is 5.32 Å². The Bertz CT molecular complexity index is 1240. The van der Waals surface area contributed by atoms with Crippen LogP contribution in [0.4, 0.5) is 10.1 Å².